The van der Waals surface area contributed by atoms with Gasteiger partial charge < -0.3 is 9.80 Å². The second-order valence-electron chi connectivity index (χ2n) is 5.03. The molecule has 1 heterocycles. The van der Waals surface area contributed by atoms with E-state index in [1.165, 1.54) is 10.5 Å². The average molecular weight is 264 g/mol. The fourth-order valence-corrected chi connectivity index (χ4v) is 3.07. The van der Waals surface area contributed by atoms with Gasteiger partial charge in [-0.3, -0.25) is 0 Å². The first-order chi connectivity index (χ1) is 8.49. The van der Waals surface area contributed by atoms with Gasteiger partial charge in [-0.25, -0.2) is 4.79 Å². The van der Waals surface area contributed by atoms with Crippen LogP contribution in [-0.2, 0) is 0 Å². The van der Waals surface area contributed by atoms with Crippen LogP contribution in [0.25, 0.3) is 0 Å². The lowest BCUT2D eigenvalue weighted by Gasteiger charge is -2.18. The molecule has 3 nitrogen and oxygen atoms in total. The highest BCUT2D eigenvalue weighted by Gasteiger charge is 2.32. The minimum Gasteiger partial charge on any atom is -0.325 e. The van der Waals surface area contributed by atoms with Gasteiger partial charge in [-0.1, -0.05) is 26.0 Å². The van der Waals surface area contributed by atoms with Gasteiger partial charge in [0.1, 0.15) is 0 Å². The smallest absolute Gasteiger partial charge is 0.320 e. The third-order valence-electron chi connectivity index (χ3n) is 3.18. The van der Waals surface area contributed by atoms with Gasteiger partial charge in [0.05, 0.1) is 6.04 Å². The van der Waals surface area contributed by atoms with Crippen molar-refractivity contribution in [1.29, 1.82) is 0 Å². The summed E-state index contributed by atoms with van der Waals surface area (Å²) in [4.78, 5) is 16.6. The van der Waals surface area contributed by atoms with Crippen LogP contribution in [0, 0.1) is 0 Å². The Kier molecular flexibility index (Phi) is 3.85. The normalized spacial score (nSPS) is 20.1. The molecule has 0 radical (unpaired) electrons. The van der Waals surface area contributed by atoms with Crippen LogP contribution in [0.5, 0.6) is 0 Å². The summed E-state index contributed by atoms with van der Waals surface area (Å²) >= 11 is 1.86. The van der Waals surface area contributed by atoms with Gasteiger partial charge in [0.15, 0.2) is 0 Å². The number of urea groups is 1. The molecule has 0 N–H and O–H groups in total. The lowest BCUT2D eigenvalue weighted by molar-refractivity contribution is 0.201. The van der Waals surface area contributed by atoms with Crippen LogP contribution >= 0.6 is 11.8 Å². The summed E-state index contributed by atoms with van der Waals surface area (Å²) in [5.74, 6) is 0. The number of thioether (sulfide) groups is 1. The number of rotatable bonds is 3. The highest BCUT2D eigenvalue weighted by Crippen LogP contribution is 2.29. The fraction of sp³-hybridized carbons (Fsp3) is 0.500. The predicted molar refractivity (Wildman–Crippen MR) is 76.0 cm³/mol. The maximum atomic E-state index is 11.7. The molecule has 0 spiro atoms. The van der Waals surface area contributed by atoms with Crippen LogP contribution in [0.1, 0.15) is 25.5 Å². The highest BCUT2D eigenvalue weighted by molar-refractivity contribution is 7.99. The average Bonchev–Trinajstić information content (AvgIpc) is 2.57. The van der Waals surface area contributed by atoms with Crippen molar-refractivity contribution in [2.45, 2.75) is 30.0 Å². The van der Waals surface area contributed by atoms with E-state index in [9.17, 15) is 4.79 Å². The molecule has 1 fully saturated rings. The Morgan fingerprint density at radius 2 is 1.83 bits per heavy atom. The first-order valence-electron chi connectivity index (χ1n) is 6.23. The monoisotopic (exact) mass is 264 g/mol. The summed E-state index contributed by atoms with van der Waals surface area (Å²) in [5.41, 5.74) is 1.21. The molecule has 1 atom stereocenters. The van der Waals surface area contributed by atoms with Gasteiger partial charge >= 0.3 is 6.03 Å². The summed E-state index contributed by atoms with van der Waals surface area (Å²) < 4.78 is 0. The molecule has 1 aromatic carbocycles. The molecule has 1 saturated heterocycles. The molecule has 0 aromatic heterocycles. The van der Waals surface area contributed by atoms with E-state index >= 15 is 0 Å². The summed E-state index contributed by atoms with van der Waals surface area (Å²) in [5, 5.41) is 0.595. The van der Waals surface area contributed by atoms with Crippen molar-refractivity contribution in [3.63, 3.8) is 0 Å². The number of hydrogen-bond acceptors (Lipinski definition) is 2. The number of hydrogen-bond donors (Lipinski definition) is 0. The van der Waals surface area contributed by atoms with Crippen molar-refractivity contribution >= 4 is 17.8 Å². The molecule has 0 aliphatic carbocycles. The molecule has 0 saturated carbocycles. The van der Waals surface area contributed by atoms with Crippen molar-refractivity contribution in [2.75, 3.05) is 20.6 Å². The standard InChI is InChI=1S/C14H20N2OS/c1-10(2)18-12-7-5-11(6-8-12)13-9-15(3)14(17)16(13)4/h5-8,10,13H,9H2,1-4H3. The molecule has 2 rings (SSSR count). The van der Waals surface area contributed by atoms with Crippen LogP contribution in [-0.4, -0.2) is 41.7 Å². The predicted octanol–water partition coefficient (Wildman–Crippen LogP) is 3.23. The number of amides is 2. The van der Waals surface area contributed by atoms with Crippen molar-refractivity contribution in [2.24, 2.45) is 0 Å². The lowest BCUT2D eigenvalue weighted by Crippen LogP contribution is -2.26. The molecule has 4 heteroatoms. The minimum atomic E-state index is 0.0978. The number of benzene rings is 1. The highest BCUT2D eigenvalue weighted by atomic mass is 32.2. The molecule has 98 valence electrons. The molecule has 0 bridgehead atoms. The molecular weight excluding hydrogens is 244 g/mol. The van der Waals surface area contributed by atoms with Crippen molar-refractivity contribution in [3.8, 4) is 0 Å². The Balaban J connectivity index is 2.13. The first kappa shape index (κ1) is 13.3. The Labute approximate surface area is 113 Å². The van der Waals surface area contributed by atoms with Crippen LogP contribution in [0.2, 0.25) is 0 Å². The van der Waals surface area contributed by atoms with Crippen LogP contribution in [0.15, 0.2) is 29.2 Å². The lowest BCUT2D eigenvalue weighted by atomic mass is 10.1. The third-order valence-corrected chi connectivity index (χ3v) is 4.19. The van der Waals surface area contributed by atoms with Crippen molar-refractivity contribution in [3.05, 3.63) is 29.8 Å². The van der Waals surface area contributed by atoms with E-state index in [4.69, 9.17) is 0 Å². The Morgan fingerprint density at radius 1 is 1.22 bits per heavy atom. The maximum absolute atomic E-state index is 11.7. The molecule has 1 aliphatic heterocycles. The number of nitrogens with zero attached hydrogens (tertiary/aromatic N) is 2. The molecular formula is C14H20N2OS. The minimum absolute atomic E-state index is 0.0978. The Bertz CT molecular complexity index is 430. The fourth-order valence-electron chi connectivity index (χ4n) is 2.23. The molecule has 2 amide bonds. The zero-order valence-electron chi connectivity index (χ0n) is 11.4. The van der Waals surface area contributed by atoms with Crippen LogP contribution in [0.3, 0.4) is 0 Å². The second kappa shape index (κ2) is 5.22. The maximum Gasteiger partial charge on any atom is 0.320 e. The summed E-state index contributed by atoms with van der Waals surface area (Å²) in [7, 11) is 3.72. The topological polar surface area (TPSA) is 23.6 Å². The van der Waals surface area contributed by atoms with E-state index < -0.39 is 0 Å². The van der Waals surface area contributed by atoms with E-state index in [2.05, 4.69) is 38.1 Å². The van der Waals surface area contributed by atoms with Crippen LogP contribution < -0.4 is 0 Å². The summed E-state index contributed by atoms with van der Waals surface area (Å²) in [6.07, 6.45) is 0. The largest absolute Gasteiger partial charge is 0.325 e. The zero-order valence-corrected chi connectivity index (χ0v) is 12.2. The van der Waals surface area contributed by atoms with Gasteiger partial charge in [-0.15, -0.1) is 11.8 Å². The Hall–Kier alpha value is -1.16. The van der Waals surface area contributed by atoms with E-state index in [1.54, 1.807) is 4.90 Å². The van der Waals surface area contributed by atoms with E-state index in [0.717, 1.165) is 6.54 Å². The summed E-state index contributed by atoms with van der Waals surface area (Å²) in [6.45, 7) is 5.15. The third kappa shape index (κ3) is 2.64. The van der Waals surface area contributed by atoms with E-state index in [1.807, 2.05) is 30.8 Å². The molecule has 1 aliphatic rings. The quantitative estimate of drug-likeness (QED) is 0.783. The Morgan fingerprint density at radius 3 is 2.28 bits per heavy atom. The first-order valence-corrected chi connectivity index (χ1v) is 7.11. The molecule has 1 aromatic rings. The van der Waals surface area contributed by atoms with Crippen molar-refractivity contribution in [1.82, 2.24) is 9.80 Å². The van der Waals surface area contributed by atoms with Gasteiger partial charge in [0.2, 0.25) is 0 Å². The summed E-state index contributed by atoms with van der Waals surface area (Å²) in [6, 6.07) is 8.85. The number of carbonyl (C=O) groups excluding carboxylic acids is 1. The number of likely N-dealkylation sites (N-methyl/N-ethyl adjacent to an activating group) is 2. The molecule has 18 heavy (non-hydrogen) atoms. The van der Waals surface area contributed by atoms with E-state index in [0.29, 0.717) is 5.25 Å². The SMILES string of the molecule is CC(C)Sc1ccc(C2CN(C)C(=O)N2C)cc1. The van der Waals surface area contributed by atoms with Crippen LogP contribution in [0.4, 0.5) is 4.79 Å². The van der Waals surface area contributed by atoms with Crippen molar-refractivity contribution < 1.29 is 4.79 Å². The van der Waals surface area contributed by atoms with Gasteiger partial charge in [-0.05, 0) is 17.7 Å². The second-order valence-corrected chi connectivity index (χ2v) is 6.68. The molecule has 1 unspecified atom stereocenters. The zero-order chi connectivity index (χ0) is 13.3. The van der Waals surface area contributed by atoms with Gasteiger partial charge in [0.25, 0.3) is 0 Å². The van der Waals surface area contributed by atoms with Gasteiger partial charge in [-0.2, -0.15) is 0 Å². The number of carbonyl (C=O) groups is 1. The van der Waals surface area contributed by atoms with E-state index in [-0.39, 0.29) is 12.1 Å². The van der Waals surface area contributed by atoms with Gasteiger partial charge in [0, 0.05) is 30.8 Å².